The van der Waals surface area contributed by atoms with Crippen LogP contribution in [0.2, 0.25) is 10.0 Å². The van der Waals surface area contributed by atoms with Crippen LogP contribution in [0.4, 0.5) is 0 Å². The molecule has 0 amide bonds. The fraction of sp³-hybridized carbons (Fsp3) is 0.154. The van der Waals surface area contributed by atoms with Gasteiger partial charge >= 0.3 is 0 Å². The summed E-state index contributed by atoms with van der Waals surface area (Å²) in [6.45, 7) is 3.93. The molecule has 2 aromatic rings. The van der Waals surface area contributed by atoms with Gasteiger partial charge in [0.2, 0.25) is 5.78 Å². The second kappa shape index (κ2) is 4.81. The van der Waals surface area contributed by atoms with Gasteiger partial charge in [0.25, 0.3) is 0 Å². The molecule has 0 fully saturated rings. The molecule has 0 bridgehead atoms. The van der Waals surface area contributed by atoms with Crippen molar-refractivity contribution < 1.29 is 4.79 Å². The largest absolute Gasteiger partial charge is 0.288 e. The SMILES string of the molecule is Cc1cc(C)c(C(=O)c2ccc(Cl)c(Cl)c2)s1. The molecule has 1 nitrogen and oxygen atoms in total. The van der Waals surface area contributed by atoms with Crippen molar-refractivity contribution >= 4 is 40.3 Å². The summed E-state index contributed by atoms with van der Waals surface area (Å²) in [4.78, 5) is 14.1. The lowest BCUT2D eigenvalue weighted by Crippen LogP contribution is -2.00. The highest BCUT2D eigenvalue weighted by Gasteiger charge is 2.15. The van der Waals surface area contributed by atoms with Crippen molar-refractivity contribution in [2.45, 2.75) is 13.8 Å². The van der Waals surface area contributed by atoms with Crippen LogP contribution in [0.3, 0.4) is 0 Å². The molecule has 0 aliphatic heterocycles. The van der Waals surface area contributed by atoms with Crippen molar-refractivity contribution in [3.05, 3.63) is 55.2 Å². The van der Waals surface area contributed by atoms with E-state index in [2.05, 4.69) is 0 Å². The van der Waals surface area contributed by atoms with Gasteiger partial charge in [-0.1, -0.05) is 23.2 Å². The highest BCUT2D eigenvalue weighted by atomic mass is 35.5. The Morgan fingerprint density at radius 2 is 1.82 bits per heavy atom. The van der Waals surface area contributed by atoms with E-state index in [1.165, 1.54) is 11.3 Å². The maximum absolute atomic E-state index is 12.3. The second-order valence-corrected chi connectivity index (χ2v) is 5.90. The molecular formula is C13H10Cl2OS. The van der Waals surface area contributed by atoms with Crippen molar-refractivity contribution in [2.75, 3.05) is 0 Å². The van der Waals surface area contributed by atoms with E-state index < -0.39 is 0 Å². The Morgan fingerprint density at radius 3 is 2.35 bits per heavy atom. The maximum atomic E-state index is 12.3. The molecular weight excluding hydrogens is 275 g/mol. The standard InChI is InChI=1S/C13H10Cl2OS/c1-7-5-8(2)17-13(7)12(16)9-3-4-10(14)11(15)6-9/h3-6H,1-2H3. The first-order chi connectivity index (χ1) is 7.99. The number of rotatable bonds is 2. The van der Waals surface area contributed by atoms with Gasteiger partial charge in [-0.2, -0.15) is 0 Å². The molecule has 4 heteroatoms. The first-order valence-electron chi connectivity index (χ1n) is 5.06. The highest BCUT2D eigenvalue weighted by molar-refractivity contribution is 7.14. The zero-order chi connectivity index (χ0) is 12.6. The molecule has 0 atom stereocenters. The van der Waals surface area contributed by atoms with Gasteiger partial charge in [0, 0.05) is 10.4 Å². The average Bonchev–Trinajstić information content (AvgIpc) is 2.61. The summed E-state index contributed by atoms with van der Waals surface area (Å²) < 4.78 is 0. The molecule has 0 spiro atoms. The summed E-state index contributed by atoms with van der Waals surface area (Å²) in [7, 11) is 0. The number of carbonyl (C=O) groups is 1. The van der Waals surface area contributed by atoms with E-state index in [1.54, 1.807) is 18.2 Å². The molecule has 0 saturated carbocycles. The third-order valence-corrected chi connectivity index (χ3v) is 4.32. The van der Waals surface area contributed by atoms with E-state index in [4.69, 9.17) is 23.2 Å². The predicted octanol–water partition coefficient (Wildman–Crippen LogP) is 4.90. The van der Waals surface area contributed by atoms with Crippen LogP contribution in [0.25, 0.3) is 0 Å². The van der Waals surface area contributed by atoms with Crippen LogP contribution in [0.15, 0.2) is 24.3 Å². The van der Waals surface area contributed by atoms with Gasteiger partial charge < -0.3 is 0 Å². The van der Waals surface area contributed by atoms with Crippen molar-refractivity contribution in [2.24, 2.45) is 0 Å². The maximum Gasteiger partial charge on any atom is 0.203 e. The lowest BCUT2D eigenvalue weighted by Gasteiger charge is -2.02. The van der Waals surface area contributed by atoms with Gasteiger partial charge in [-0.3, -0.25) is 4.79 Å². The van der Waals surface area contributed by atoms with Gasteiger partial charge in [-0.15, -0.1) is 11.3 Å². The smallest absolute Gasteiger partial charge is 0.203 e. The van der Waals surface area contributed by atoms with E-state index in [9.17, 15) is 4.79 Å². The number of benzene rings is 1. The Balaban J connectivity index is 2.44. The third kappa shape index (κ3) is 2.54. The highest BCUT2D eigenvalue weighted by Crippen LogP contribution is 2.27. The van der Waals surface area contributed by atoms with E-state index in [0.717, 1.165) is 15.3 Å². The van der Waals surface area contributed by atoms with Crippen LogP contribution in [0.1, 0.15) is 25.7 Å². The normalized spacial score (nSPS) is 10.6. The minimum Gasteiger partial charge on any atom is -0.288 e. The minimum absolute atomic E-state index is 0.000772. The van der Waals surface area contributed by atoms with Crippen LogP contribution in [-0.4, -0.2) is 5.78 Å². The summed E-state index contributed by atoms with van der Waals surface area (Å²) in [5, 5.41) is 0.866. The summed E-state index contributed by atoms with van der Waals surface area (Å²) in [6, 6.07) is 6.97. The lowest BCUT2D eigenvalue weighted by molar-refractivity contribution is 0.104. The topological polar surface area (TPSA) is 17.1 Å². The van der Waals surface area contributed by atoms with Crippen molar-refractivity contribution in [1.82, 2.24) is 0 Å². The third-order valence-electron chi connectivity index (χ3n) is 2.43. The average molecular weight is 285 g/mol. The van der Waals surface area contributed by atoms with Crippen molar-refractivity contribution in [3.8, 4) is 0 Å². The first-order valence-corrected chi connectivity index (χ1v) is 6.63. The van der Waals surface area contributed by atoms with Gasteiger partial charge in [0.15, 0.2) is 0 Å². The summed E-state index contributed by atoms with van der Waals surface area (Å²) >= 11 is 13.2. The molecule has 88 valence electrons. The van der Waals surface area contributed by atoms with E-state index >= 15 is 0 Å². The van der Waals surface area contributed by atoms with Crippen LogP contribution in [0.5, 0.6) is 0 Å². The number of carbonyl (C=O) groups excluding carboxylic acids is 1. The van der Waals surface area contributed by atoms with Crippen LogP contribution in [0, 0.1) is 13.8 Å². The fourth-order valence-electron chi connectivity index (χ4n) is 1.64. The van der Waals surface area contributed by atoms with Crippen molar-refractivity contribution in [3.63, 3.8) is 0 Å². The van der Waals surface area contributed by atoms with Gasteiger partial charge in [-0.05, 0) is 43.7 Å². The van der Waals surface area contributed by atoms with Crippen molar-refractivity contribution in [1.29, 1.82) is 0 Å². The fourth-order valence-corrected chi connectivity index (χ4v) is 2.92. The van der Waals surface area contributed by atoms with Gasteiger partial charge in [0.05, 0.1) is 14.9 Å². The number of ketones is 1. The number of hydrogen-bond acceptors (Lipinski definition) is 2. The summed E-state index contributed by atoms with van der Waals surface area (Å²) in [6.07, 6.45) is 0. The molecule has 0 aliphatic rings. The Hall–Kier alpha value is -0.830. The molecule has 0 saturated heterocycles. The zero-order valence-corrected chi connectivity index (χ0v) is 11.7. The molecule has 0 radical (unpaired) electrons. The molecule has 1 heterocycles. The van der Waals surface area contributed by atoms with Crippen LogP contribution in [-0.2, 0) is 0 Å². The van der Waals surface area contributed by atoms with Crippen LogP contribution >= 0.6 is 34.5 Å². The van der Waals surface area contributed by atoms with E-state index in [1.807, 2.05) is 19.9 Å². The quantitative estimate of drug-likeness (QED) is 0.717. The Morgan fingerprint density at radius 1 is 1.12 bits per heavy atom. The van der Waals surface area contributed by atoms with Crippen LogP contribution < -0.4 is 0 Å². The zero-order valence-electron chi connectivity index (χ0n) is 9.38. The molecule has 0 unspecified atom stereocenters. The number of thiophene rings is 1. The van der Waals surface area contributed by atoms with E-state index in [-0.39, 0.29) is 5.78 Å². The predicted molar refractivity (Wildman–Crippen MR) is 73.7 cm³/mol. The summed E-state index contributed by atoms with van der Waals surface area (Å²) in [5.74, 6) is -0.000772. The number of halogens is 2. The number of hydrogen-bond donors (Lipinski definition) is 0. The second-order valence-electron chi connectivity index (χ2n) is 3.83. The monoisotopic (exact) mass is 284 g/mol. The first kappa shape index (κ1) is 12.6. The lowest BCUT2D eigenvalue weighted by atomic mass is 10.1. The Kier molecular flexibility index (Phi) is 3.57. The molecule has 1 aromatic heterocycles. The van der Waals surface area contributed by atoms with Gasteiger partial charge in [-0.25, -0.2) is 0 Å². The van der Waals surface area contributed by atoms with Gasteiger partial charge in [0.1, 0.15) is 0 Å². The summed E-state index contributed by atoms with van der Waals surface area (Å²) in [5.41, 5.74) is 1.58. The molecule has 0 aliphatic carbocycles. The molecule has 1 aromatic carbocycles. The van der Waals surface area contributed by atoms with E-state index in [0.29, 0.717) is 15.6 Å². The minimum atomic E-state index is -0.000772. The molecule has 2 rings (SSSR count). The Bertz CT molecular complexity index is 587. The number of aryl methyl sites for hydroxylation is 2. The molecule has 17 heavy (non-hydrogen) atoms. The Labute approximate surface area is 114 Å². The molecule has 0 N–H and O–H groups in total.